The second-order valence-electron chi connectivity index (χ2n) is 3.69. The van der Waals surface area contributed by atoms with Crippen LogP contribution in [0.3, 0.4) is 0 Å². The van der Waals surface area contributed by atoms with Crippen LogP contribution >= 0.6 is 27.5 Å². The Hall–Kier alpha value is -0.840. The summed E-state index contributed by atoms with van der Waals surface area (Å²) in [5.74, 6) is 0. The highest BCUT2D eigenvalue weighted by Crippen LogP contribution is 2.28. The van der Waals surface area contributed by atoms with Gasteiger partial charge < -0.3 is 5.32 Å². The molecule has 0 unspecified atom stereocenters. The van der Waals surface area contributed by atoms with Gasteiger partial charge >= 0.3 is 0 Å². The van der Waals surface area contributed by atoms with Crippen molar-refractivity contribution in [3.63, 3.8) is 0 Å². The molecule has 0 fully saturated rings. The Morgan fingerprint density at radius 2 is 2.24 bits per heavy atom. The maximum Gasteiger partial charge on any atom is 0.0924 e. The van der Waals surface area contributed by atoms with Crippen molar-refractivity contribution >= 4 is 27.5 Å². The van der Waals surface area contributed by atoms with Crippen LogP contribution in [0.4, 0.5) is 0 Å². The van der Waals surface area contributed by atoms with Crippen LogP contribution in [-0.4, -0.2) is 16.7 Å². The van der Waals surface area contributed by atoms with Gasteiger partial charge in [0.2, 0.25) is 0 Å². The summed E-state index contributed by atoms with van der Waals surface area (Å²) >= 11 is 9.43. The van der Waals surface area contributed by atoms with Gasteiger partial charge in [-0.05, 0) is 40.7 Å². The van der Waals surface area contributed by atoms with Gasteiger partial charge in [-0.3, -0.25) is 5.10 Å². The first-order valence-electron chi connectivity index (χ1n) is 5.41. The van der Waals surface area contributed by atoms with Crippen molar-refractivity contribution in [3.8, 4) is 11.3 Å². The van der Waals surface area contributed by atoms with Crippen LogP contribution in [0, 0.1) is 0 Å². The van der Waals surface area contributed by atoms with Gasteiger partial charge in [0.05, 0.1) is 10.7 Å². The Kier molecular flexibility index (Phi) is 4.20. The van der Waals surface area contributed by atoms with E-state index in [1.807, 2.05) is 24.3 Å². The number of aromatic amines is 1. The van der Waals surface area contributed by atoms with Crippen LogP contribution in [-0.2, 0) is 6.54 Å². The third-order valence-electron chi connectivity index (χ3n) is 2.41. The molecule has 0 aliphatic carbocycles. The molecule has 2 rings (SSSR count). The van der Waals surface area contributed by atoms with Gasteiger partial charge in [0.15, 0.2) is 0 Å². The van der Waals surface area contributed by atoms with E-state index in [4.69, 9.17) is 11.6 Å². The molecule has 0 atom stereocenters. The highest BCUT2D eigenvalue weighted by molar-refractivity contribution is 9.10. The lowest BCUT2D eigenvalue weighted by molar-refractivity contribution is 0.707. The summed E-state index contributed by atoms with van der Waals surface area (Å²) in [5.41, 5.74) is 2.99. The second-order valence-corrected chi connectivity index (χ2v) is 4.95. The smallest absolute Gasteiger partial charge is 0.0924 e. The fourth-order valence-corrected chi connectivity index (χ4v) is 1.94. The van der Waals surface area contributed by atoms with Gasteiger partial charge in [0.25, 0.3) is 0 Å². The van der Waals surface area contributed by atoms with Crippen LogP contribution in [0.25, 0.3) is 11.3 Å². The number of hydrogen-bond donors (Lipinski definition) is 2. The maximum atomic E-state index is 6.06. The fraction of sp³-hybridized carbons (Fsp3) is 0.250. The van der Waals surface area contributed by atoms with Gasteiger partial charge in [0, 0.05) is 22.3 Å². The first-order chi connectivity index (χ1) is 8.20. The zero-order valence-electron chi connectivity index (χ0n) is 9.43. The molecule has 5 heteroatoms. The van der Waals surface area contributed by atoms with Crippen LogP contribution in [0.5, 0.6) is 0 Å². The molecule has 1 aromatic carbocycles. The van der Waals surface area contributed by atoms with Gasteiger partial charge in [-0.15, -0.1) is 0 Å². The van der Waals surface area contributed by atoms with Crippen molar-refractivity contribution in [2.24, 2.45) is 0 Å². The van der Waals surface area contributed by atoms with E-state index in [0.29, 0.717) is 5.02 Å². The summed E-state index contributed by atoms with van der Waals surface area (Å²) < 4.78 is 0.895. The van der Waals surface area contributed by atoms with E-state index in [-0.39, 0.29) is 0 Å². The van der Waals surface area contributed by atoms with Gasteiger partial charge in [-0.1, -0.05) is 24.6 Å². The SMILES string of the molecule is CCNCc1cc(-c2ccc(Br)c(Cl)c2)n[nH]1. The molecule has 1 aromatic heterocycles. The molecule has 1 heterocycles. The lowest BCUT2D eigenvalue weighted by Gasteiger charge is -1.99. The summed E-state index contributed by atoms with van der Waals surface area (Å²) in [7, 11) is 0. The van der Waals surface area contributed by atoms with E-state index >= 15 is 0 Å². The normalized spacial score (nSPS) is 10.8. The standard InChI is InChI=1S/C12H13BrClN3/c1-2-15-7-9-6-12(17-16-9)8-3-4-10(13)11(14)5-8/h3-6,15H,2,7H2,1H3,(H,16,17). The zero-order valence-corrected chi connectivity index (χ0v) is 11.8. The summed E-state index contributed by atoms with van der Waals surface area (Å²) in [6.07, 6.45) is 0. The third-order valence-corrected chi connectivity index (χ3v) is 3.64. The van der Waals surface area contributed by atoms with Crippen LogP contribution < -0.4 is 5.32 Å². The molecule has 0 aliphatic rings. The minimum Gasteiger partial charge on any atom is -0.311 e. The van der Waals surface area contributed by atoms with Crippen molar-refractivity contribution in [2.45, 2.75) is 13.5 Å². The summed E-state index contributed by atoms with van der Waals surface area (Å²) in [4.78, 5) is 0. The molecule has 0 aliphatic heterocycles. The number of nitrogens with zero attached hydrogens (tertiary/aromatic N) is 1. The molecule has 0 spiro atoms. The number of hydrogen-bond acceptors (Lipinski definition) is 2. The molecule has 0 radical (unpaired) electrons. The van der Waals surface area contributed by atoms with Crippen molar-refractivity contribution in [1.29, 1.82) is 0 Å². The van der Waals surface area contributed by atoms with E-state index in [9.17, 15) is 0 Å². The Bertz CT molecular complexity index is 510. The van der Waals surface area contributed by atoms with Crippen molar-refractivity contribution in [3.05, 3.63) is 39.5 Å². The predicted molar refractivity (Wildman–Crippen MR) is 74.1 cm³/mol. The molecule has 3 nitrogen and oxygen atoms in total. The molecule has 2 aromatic rings. The molecule has 0 saturated carbocycles. The quantitative estimate of drug-likeness (QED) is 0.905. The van der Waals surface area contributed by atoms with Crippen LogP contribution in [0.2, 0.25) is 5.02 Å². The van der Waals surface area contributed by atoms with Crippen LogP contribution in [0.1, 0.15) is 12.6 Å². The predicted octanol–water partition coefficient (Wildman–Crippen LogP) is 3.60. The Morgan fingerprint density at radius 1 is 1.41 bits per heavy atom. The number of nitrogens with one attached hydrogen (secondary N) is 2. The summed E-state index contributed by atoms with van der Waals surface area (Å²) in [6.45, 7) is 3.82. The highest BCUT2D eigenvalue weighted by atomic mass is 79.9. The van der Waals surface area contributed by atoms with Gasteiger partial charge in [-0.2, -0.15) is 5.10 Å². The van der Waals surface area contributed by atoms with Gasteiger partial charge in [-0.25, -0.2) is 0 Å². The average Bonchev–Trinajstić information content (AvgIpc) is 2.79. The Morgan fingerprint density at radius 3 is 2.94 bits per heavy atom. The second kappa shape index (κ2) is 5.67. The molecule has 2 N–H and O–H groups in total. The monoisotopic (exact) mass is 313 g/mol. The average molecular weight is 315 g/mol. The minimum absolute atomic E-state index is 0.693. The van der Waals surface area contributed by atoms with Crippen molar-refractivity contribution in [1.82, 2.24) is 15.5 Å². The minimum atomic E-state index is 0.693. The first kappa shape index (κ1) is 12.6. The topological polar surface area (TPSA) is 40.7 Å². The fourth-order valence-electron chi connectivity index (χ4n) is 1.52. The molecular weight excluding hydrogens is 302 g/mol. The van der Waals surface area contributed by atoms with E-state index in [2.05, 4.69) is 38.4 Å². The number of halogens is 2. The zero-order chi connectivity index (χ0) is 12.3. The summed E-state index contributed by atoms with van der Waals surface area (Å²) in [5, 5.41) is 11.2. The van der Waals surface area contributed by atoms with Crippen LogP contribution in [0.15, 0.2) is 28.7 Å². The number of aromatic nitrogens is 2. The Labute approximate surface area is 114 Å². The molecule has 17 heavy (non-hydrogen) atoms. The van der Waals surface area contributed by atoms with Crippen molar-refractivity contribution < 1.29 is 0 Å². The lowest BCUT2D eigenvalue weighted by atomic mass is 10.1. The Balaban J connectivity index is 2.21. The molecule has 90 valence electrons. The van der Waals surface area contributed by atoms with E-state index in [1.54, 1.807) is 0 Å². The van der Waals surface area contributed by atoms with Gasteiger partial charge in [0.1, 0.15) is 0 Å². The maximum absolute atomic E-state index is 6.06. The molecule has 0 bridgehead atoms. The van der Waals surface area contributed by atoms with E-state index in [1.165, 1.54) is 0 Å². The number of benzene rings is 1. The van der Waals surface area contributed by atoms with Crippen molar-refractivity contribution in [2.75, 3.05) is 6.54 Å². The van der Waals surface area contributed by atoms with E-state index < -0.39 is 0 Å². The molecular formula is C12H13BrClN3. The number of H-pyrrole nitrogens is 1. The molecule has 0 saturated heterocycles. The first-order valence-corrected chi connectivity index (χ1v) is 6.58. The molecule has 0 amide bonds. The summed E-state index contributed by atoms with van der Waals surface area (Å²) in [6, 6.07) is 7.85. The highest BCUT2D eigenvalue weighted by Gasteiger charge is 2.05. The lowest BCUT2D eigenvalue weighted by Crippen LogP contribution is -2.11. The number of rotatable bonds is 4. The van der Waals surface area contributed by atoms with E-state index in [0.717, 1.165) is 34.5 Å². The third kappa shape index (κ3) is 3.09. The largest absolute Gasteiger partial charge is 0.311 e.